The van der Waals surface area contributed by atoms with Gasteiger partial charge in [0.2, 0.25) is 0 Å². The predicted molar refractivity (Wildman–Crippen MR) is 68.4 cm³/mol. The zero-order valence-electron chi connectivity index (χ0n) is 10.5. The lowest BCUT2D eigenvalue weighted by atomic mass is 9.80. The van der Waals surface area contributed by atoms with Crippen molar-refractivity contribution in [1.82, 2.24) is 0 Å². The highest BCUT2D eigenvalue weighted by molar-refractivity contribution is 5.74. The molecule has 92 valence electrons. The number of anilines is 1. The highest BCUT2D eigenvalue weighted by Crippen LogP contribution is 2.39. The van der Waals surface area contributed by atoms with Crippen LogP contribution >= 0.6 is 0 Å². The minimum Gasteiger partial charge on any atom is -0.481 e. The SMILES string of the molecule is Cc1ccc2c(c1)C(C(C(=O)O)C(C)C)CN2. The minimum absolute atomic E-state index is 0.0856. The van der Waals surface area contributed by atoms with E-state index in [0.29, 0.717) is 0 Å². The molecule has 0 saturated carbocycles. The van der Waals surface area contributed by atoms with Gasteiger partial charge in [-0.2, -0.15) is 0 Å². The van der Waals surface area contributed by atoms with Crippen LogP contribution in [0.3, 0.4) is 0 Å². The molecular weight excluding hydrogens is 214 g/mol. The van der Waals surface area contributed by atoms with Gasteiger partial charge in [0.15, 0.2) is 0 Å². The summed E-state index contributed by atoms with van der Waals surface area (Å²) in [7, 11) is 0. The van der Waals surface area contributed by atoms with E-state index >= 15 is 0 Å². The van der Waals surface area contributed by atoms with Gasteiger partial charge in [-0.3, -0.25) is 4.79 Å². The summed E-state index contributed by atoms with van der Waals surface area (Å²) in [6.45, 7) is 6.73. The second-order valence-electron chi connectivity index (χ2n) is 5.19. The van der Waals surface area contributed by atoms with Gasteiger partial charge < -0.3 is 10.4 Å². The summed E-state index contributed by atoms with van der Waals surface area (Å²) in [6, 6.07) is 6.21. The summed E-state index contributed by atoms with van der Waals surface area (Å²) < 4.78 is 0. The molecule has 1 aromatic carbocycles. The molecule has 0 aromatic heterocycles. The first kappa shape index (κ1) is 12.0. The minimum atomic E-state index is -0.693. The van der Waals surface area contributed by atoms with Crippen LogP contribution in [0.1, 0.15) is 30.9 Å². The fourth-order valence-electron chi connectivity index (χ4n) is 2.72. The van der Waals surface area contributed by atoms with Crippen molar-refractivity contribution in [3.63, 3.8) is 0 Å². The maximum absolute atomic E-state index is 11.4. The Balaban J connectivity index is 2.37. The second-order valence-corrected chi connectivity index (χ2v) is 5.19. The summed E-state index contributed by atoms with van der Waals surface area (Å²) in [5.41, 5.74) is 3.43. The van der Waals surface area contributed by atoms with E-state index in [0.717, 1.165) is 17.8 Å². The van der Waals surface area contributed by atoms with Gasteiger partial charge in [0.05, 0.1) is 5.92 Å². The molecule has 2 atom stereocenters. The van der Waals surface area contributed by atoms with Crippen LogP contribution in [-0.4, -0.2) is 17.6 Å². The van der Waals surface area contributed by atoms with Gasteiger partial charge in [-0.25, -0.2) is 0 Å². The van der Waals surface area contributed by atoms with Crippen LogP contribution in [0.5, 0.6) is 0 Å². The Kier molecular flexibility index (Phi) is 3.09. The van der Waals surface area contributed by atoms with E-state index in [1.807, 2.05) is 26.8 Å². The summed E-state index contributed by atoms with van der Waals surface area (Å²) in [6.07, 6.45) is 0. The molecule has 0 saturated heterocycles. The van der Waals surface area contributed by atoms with Crippen molar-refractivity contribution in [2.24, 2.45) is 11.8 Å². The quantitative estimate of drug-likeness (QED) is 0.844. The van der Waals surface area contributed by atoms with E-state index < -0.39 is 5.97 Å². The van der Waals surface area contributed by atoms with Crippen molar-refractivity contribution in [2.45, 2.75) is 26.7 Å². The Morgan fingerprint density at radius 1 is 1.47 bits per heavy atom. The number of aryl methyl sites for hydroxylation is 1. The van der Waals surface area contributed by atoms with Crippen LogP contribution in [0.2, 0.25) is 0 Å². The van der Waals surface area contributed by atoms with Crippen LogP contribution < -0.4 is 5.32 Å². The Hall–Kier alpha value is -1.51. The average molecular weight is 233 g/mol. The van der Waals surface area contributed by atoms with Gasteiger partial charge in [0.25, 0.3) is 0 Å². The van der Waals surface area contributed by atoms with Gasteiger partial charge >= 0.3 is 5.97 Å². The van der Waals surface area contributed by atoms with Crippen LogP contribution in [-0.2, 0) is 4.79 Å². The Bertz CT molecular complexity index is 440. The van der Waals surface area contributed by atoms with Crippen molar-refractivity contribution in [3.05, 3.63) is 29.3 Å². The van der Waals surface area contributed by atoms with E-state index in [2.05, 4.69) is 17.4 Å². The largest absolute Gasteiger partial charge is 0.481 e. The van der Waals surface area contributed by atoms with E-state index in [4.69, 9.17) is 0 Å². The van der Waals surface area contributed by atoms with Crippen molar-refractivity contribution < 1.29 is 9.90 Å². The van der Waals surface area contributed by atoms with Crippen LogP contribution in [0.25, 0.3) is 0 Å². The lowest BCUT2D eigenvalue weighted by Gasteiger charge is -2.23. The molecule has 0 amide bonds. The third-order valence-corrected chi connectivity index (χ3v) is 3.56. The summed E-state index contributed by atoms with van der Waals surface area (Å²) in [4.78, 5) is 11.4. The van der Waals surface area contributed by atoms with Gasteiger partial charge in [0, 0.05) is 18.2 Å². The molecular formula is C14H19NO2. The summed E-state index contributed by atoms with van der Waals surface area (Å²) >= 11 is 0. The zero-order valence-corrected chi connectivity index (χ0v) is 10.5. The van der Waals surface area contributed by atoms with Gasteiger partial charge in [-0.15, -0.1) is 0 Å². The second kappa shape index (κ2) is 4.40. The highest BCUT2D eigenvalue weighted by Gasteiger charge is 2.36. The monoisotopic (exact) mass is 233 g/mol. The normalized spacial score (nSPS) is 19.9. The van der Waals surface area contributed by atoms with E-state index in [1.54, 1.807) is 0 Å². The van der Waals surface area contributed by atoms with Crippen molar-refractivity contribution in [2.75, 3.05) is 11.9 Å². The molecule has 3 nitrogen and oxygen atoms in total. The molecule has 1 aromatic rings. The predicted octanol–water partition coefficient (Wildman–Crippen LogP) is 2.86. The van der Waals surface area contributed by atoms with E-state index in [-0.39, 0.29) is 17.8 Å². The van der Waals surface area contributed by atoms with Crippen LogP contribution in [0, 0.1) is 18.8 Å². The zero-order chi connectivity index (χ0) is 12.6. The fourth-order valence-corrected chi connectivity index (χ4v) is 2.72. The lowest BCUT2D eigenvalue weighted by Crippen LogP contribution is -2.28. The number of benzene rings is 1. The van der Waals surface area contributed by atoms with Gasteiger partial charge in [-0.05, 0) is 24.5 Å². The molecule has 0 radical (unpaired) electrons. The molecule has 1 aliphatic rings. The third-order valence-electron chi connectivity index (χ3n) is 3.56. The Morgan fingerprint density at radius 2 is 2.18 bits per heavy atom. The Morgan fingerprint density at radius 3 is 2.76 bits per heavy atom. The molecule has 1 heterocycles. The third kappa shape index (κ3) is 2.14. The molecule has 1 aliphatic heterocycles. The molecule has 0 bridgehead atoms. The fraction of sp³-hybridized carbons (Fsp3) is 0.500. The molecule has 0 aliphatic carbocycles. The maximum Gasteiger partial charge on any atom is 0.307 e. The first-order chi connectivity index (χ1) is 8.00. The average Bonchev–Trinajstić information content (AvgIpc) is 2.60. The number of carbonyl (C=O) groups is 1. The van der Waals surface area contributed by atoms with Crippen molar-refractivity contribution in [3.8, 4) is 0 Å². The van der Waals surface area contributed by atoms with Gasteiger partial charge in [-0.1, -0.05) is 31.5 Å². The smallest absolute Gasteiger partial charge is 0.307 e. The van der Waals surface area contributed by atoms with E-state index in [1.165, 1.54) is 5.56 Å². The molecule has 17 heavy (non-hydrogen) atoms. The number of carboxylic acids is 1. The molecule has 2 unspecified atom stereocenters. The highest BCUT2D eigenvalue weighted by atomic mass is 16.4. The number of aliphatic carboxylic acids is 1. The topological polar surface area (TPSA) is 49.3 Å². The molecule has 3 heteroatoms. The van der Waals surface area contributed by atoms with Crippen molar-refractivity contribution >= 4 is 11.7 Å². The maximum atomic E-state index is 11.4. The summed E-state index contributed by atoms with van der Waals surface area (Å²) in [5, 5.41) is 12.7. The number of hydrogen-bond acceptors (Lipinski definition) is 2. The first-order valence-corrected chi connectivity index (χ1v) is 6.08. The number of nitrogens with one attached hydrogen (secondary N) is 1. The van der Waals surface area contributed by atoms with Crippen molar-refractivity contribution in [1.29, 1.82) is 0 Å². The summed E-state index contributed by atoms with van der Waals surface area (Å²) in [5.74, 6) is -0.778. The van der Waals surface area contributed by atoms with E-state index in [9.17, 15) is 9.90 Å². The molecule has 2 N–H and O–H groups in total. The number of carboxylic acid groups (broad SMARTS) is 1. The first-order valence-electron chi connectivity index (χ1n) is 6.08. The number of fused-ring (bicyclic) bond motifs is 1. The molecule has 0 spiro atoms. The number of hydrogen-bond donors (Lipinski definition) is 2. The molecule has 0 fully saturated rings. The lowest BCUT2D eigenvalue weighted by molar-refractivity contribution is -0.144. The van der Waals surface area contributed by atoms with Crippen LogP contribution in [0.4, 0.5) is 5.69 Å². The van der Waals surface area contributed by atoms with Gasteiger partial charge in [0.1, 0.15) is 0 Å². The standard InChI is InChI=1S/C14H19NO2/c1-8(2)13(14(16)17)11-7-15-12-5-4-9(3)6-10(11)12/h4-6,8,11,13,15H,7H2,1-3H3,(H,16,17). The number of rotatable bonds is 3. The Labute approximate surface area is 102 Å². The molecule has 2 rings (SSSR count). The van der Waals surface area contributed by atoms with Crippen LogP contribution in [0.15, 0.2) is 18.2 Å².